The van der Waals surface area contributed by atoms with E-state index in [0.717, 1.165) is 49.9 Å². The van der Waals surface area contributed by atoms with E-state index in [1.807, 2.05) is 4.90 Å². The van der Waals surface area contributed by atoms with E-state index >= 15 is 0 Å². The fourth-order valence-corrected chi connectivity index (χ4v) is 4.09. The number of piperidine rings is 1. The Bertz CT molecular complexity index is 357. The molecule has 4 heteroatoms. The van der Waals surface area contributed by atoms with Gasteiger partial charge in [0.05, 0.1) is 5.71 Å². The summed E-state index contributed by atoms with van der Waals surface area (Å²) in [6, 6.07) is 0. The van der Waals surface area contributed by atoms with Crippen LogP contribution in [0, 0.1) is 17.8 Å². The average Bonchev–Trinajstić information content (AvgIpc) is 3.01. The molecule has 2 bridgehead atoms. The Balaban J connectivity index is 1.50. The molecular formula is C14H22N2O2. The number of fused-ring (bicyclic) bond motifs is 2. The highest BCUT2D eigenvalue weighted by atomic mass is 16.4. The predicted molar refractivity (Wildman–Crippen MR) is 68.6 cm³/mol. The quantitative estimate of drug-likeness (QED) is 0.603. The van der Waals surface area contributed by atoms with Gasteiger partial charge in [0.1, 0.15) is 0 Å². The Morgan fingerprint density at radius 3 is 2.61 bits per heavy atom. The molecule has 0 aromatic carbocycles. The second kappa shape index (κ2) is 4.90. The molecule has 3 atom stereocenters. The summed E-state index contributed by atoms with van der Waals surface area (Å²) in [5, 5.41) is 12.0. The van der Waals surface area contributed by atoms with E-state index in [4.69, 9.17) is 5.21 Å². The van der Waals surface area contributed by atoms with Crippen molar-refractivity contribution in [2.24, 2.45) is 22.9 Å². The third kappa shape index (κ3) is 2.25. The van der Waals surface area contributed by atoms with Crippen LogP contribution in [0.4, 0.5) is 0 Å². The molecule has 100 valence electrons. The molecular weight excluding hydrogens is 228 g/mol. The lowest BCUT2D eigenvalue weighted by Gasteiger charge is -2.30. The molecule has 0 aromatic heterocycles. The molecule has 3 unspecified atom stereocenters. The number of likely N-dealkylation sites (tertiary alicyclic amines) is 1. The fraction of sp³-hybridized carbons (Fsp3) is 0.857. The summed E-state index contributed by atoms with van der Waals surface area (Å²) in [5.41, 5.74) is 0.832. The van der Waals surface area contributed by atoms with Crippen molar-refractivity contribution in [1.82, 2.24) is 4.90 Å². The van der Waals surface area contributed by atoms with Crippen LogP contribution in [0.1, 0.15) is 44.9 Å². The number of amides is 1. The van der Waals surface area contributed by atoms with Crippen LogP contribution in [0.3, 0.4) is 0 Å². The second-order valence-corrected chi connectivity index (χ2v) is 6.19. The van der Waals surface area contributed by atoms with Gasteiger partial charge in [-0.3, -0.25) is 4.79 Å². The van der Waals surface area contributed by atoms with Crippen molar-refractivity contribution in [2.45, 2.75) is 44.9 Å². The van der Waals surface area contributed by atoms with Gasteiger partial charge in [-0.2, -0.15) is 0 Å². The first-order valence-corrected chi connectivity index (χ1v) is 7.24. The van der Waals surface area contributed by atoms with Crippen LogP contribution in [0.15, 0.2) is 5.16 Å². The molecule has 1 saturated heterocycles. The first-order valence-electron chi connectivity index (χ1n) is 7.24. The van der Waals surface area contributed by atoms with E-state index < -0.39 is 0 Å². The summed E-state index contributed by atoms with van der Waals surface area (Å²) in [4.78, 5) is 14.2. The summed E-state index contributed by atoms with van der Waals surface area (Å²) in [5.74, 6) is 2.73. The van der Waals surface area contributed by atoms with E-state index in [0.29, 0.717) is 11.8 Å². The van der Waals surface area contributed by atoms with Crippen LogP contribution in [0.25, 0.3) is 0 Å². The molecule has 1 aliphatic heterocycles. The van der Waals surface area contributed by atoms with Crippen LogP contribution in [-0.2, 0) is 4.79 Å². The van der Waals surface area contributed by atoms with Crippen molar-refractivity contribution in [3.8, 4) is 0 Å². The Labute approximate surface area is 108 Å². The van der Waals surface area contributed by atoms with Gasteiger partial charge < -0.3 is 10.1 Å². The van der Waals surface area contributed by atoms with Gasteiger partial charge in [-0.15, -0.1) is 0 Å². The highest BCUT2D eigenvalue weighted by Crippen LogP contribution is 2.49. The van der Waals surface area contributed by atoms with E-state index in [1.165, 1.54) is 25.7 Å². The SMILES string of the molecule is O=C(CC1CC2CCC1C2)N1CCC(=NO)CC1. The van der Waals surface area contributed by atoms with Crippen LogP contribution in [-0.4, -0.2) is 34.8 Å². The van der Waals surface area contributed by atoms with Crippen molar-refractivity contribution in [3.63, 3.8) is 0 Å². The average molecular weight is 250 g/mol. The van der Waals surface area contributed by atoms with Crippen molar-refractivity contribution in [1.29, 1.82) is 0 Å². The number of hydrogen-bond acceptors (Lipinski definition) is 3. The maximum absolute atomic E-state index is 12.2. The zero-order valence-corrected chi connectivity index (χ0v) is 10.8. The molecule has 1 N–H and O–H groups in total. The zero-order valence-electron chi connectivity index (χ0n) is 10.8. The topological polar surface area (TPSA) is 52.9 Å². The molecule has 3 rings (SSSR count). The van der Waals surface area contributed by atoms with Gasteiger partial charge in [0, 0.05) is 32.4 Å². The smallest absolute Gasteiger partial charge is 0.222 e. The molecule has 1 heterocycles. The molecule has 2 saturated carbocycles. The summed E-state index contributed by atoms with van der Waals surface area (Å²) in [7, 11) is 0. The van der Waals surface area contributed by atoms with Gasteiger partial charge in [0.15, 0.2) is 0 Å². The largest absolute Gasteiger partial charge is 0.411 e. The minimum absolute atomic E-state index is 0.324. The van der Waals surface area contributed by atoms with Crippen LogP contribution in [0.2, 0.25) is 0 Å². The van der Waals surface area contributed by atoms with Crippen molar-refractivity contribution >= 4 is 11.6 Å². The Hall–Kier alpha value is -1.06. The standard InChI is InChI=1S/C14H22N2O2/c17-14(16-5-3-13(15-18)4-6-16)9-12-8-10-1-2-11(12)7-10/h10-12,18H,1-9H2. The normalized spacial score (nSPS) is 35.0. The number of carbonyl (C=O) groups excluding carboxylic acids is 1. The third-order valence-corrected chi connectivity index (χ3v) is 5.16. The Morgan fingerprint density at radius 2 is 2.06 bits per heavy atom. The Morgan fingerprint density at radius 1 is 1.28 bits per heavy atom. The number of nitrogens with zero attached hydrogens (tertiary/aromatic N) is 2. The highest BCUT2D eigenvalue weighted by molar-refractivity contribution is 5.87. The molecule has 0 aromatic rings. The molecule has 18 heavy (non-hydrogen) atoms. The minimum Gasteiger partial charge on any atom is -0.411 e. The van der Waals surface area contributed by atoms with Crippen LogP contribution < -0.4 is 0 Å². The number of oxime groups is 1. The molecule has 4 nitrogen and oxygen atoms in total. The lowest BCUT2D eigenvalue weighted by molar-refractivity contribution is -0.132. The van der Waals surface area contributed by atoms with E-state index in [1.54, 1.807) is 0 Å². The van der Waals surface area contributed by atoms with Crippen LogP contribution in [0.5, 0.6) is 0 Å². The van der Waals surface area contributed by atoms with Crippen LogP contribution >= 0.6 is 0 Å². The van der Waals surface area contributed by atoms with Crippen molar-refractivity contribution in [3.05, 3.63) is 0 Å². The lowest BCUT2D eigenvalue weighted by Crippen LogP contribution is -2.39. The highest BCUT2D eigenvalue weighted by Gasteiger charge is 2.40. The monoisotopic (exact) mass is 250 g/mol. The van der Waals surface area contributed by atoms with Gasteiger partial charge in [0.2, 0.25) is 5.91 Å². The molecule has 3 fully saturated rings. The van der Waals surface area contributed by atoms with Gasteiger partial charge >= 0.3 is 0 Å². The maximum Gasteiger partial charge on any atom is 0.222 e. The number of rotatable bonds is 2. The van der Waals surface area contributed by atoms with Crippen molar-refractivity contribution < 1.29 is 10.0 Å². The molecule has 3 aliphatic rings. The molecule has 1 amide bonds. The van der Waals surface area contributed by atoms with E-state index in [-0.39, 0.29) is 0 Å². The molecule has 2 aliphatic carbocycles. The number of carbonyl (C=O) groups is 1. The second-order valence-electron chi connectivity index (χ2n) is 6.19. The molecule has 0 radical (unpaired) electrons. The van der Waals surface area contributed by atoms with E-state index in [2.05, 4.69) is 5.16 Å². The first kappa shape index (κ1) is 12.0. The van der Waals surface area contributed by atoms with E-state index in [9.17, 15) is 4.79 Å². The minimum atomic E-state index is 0.324. The van der Waals surface area contributed by atoms with Gasteiger partial charge in [-0.25, -0.2) is 0 Å². The maximum atomic E-state index is 12.2. The number of hydrogen-bond donors (Lipinski definition) is 1. The third-order valence-electron chi connectivity index (χ3n) is 5.16. The lowest BCUT2D eigenvalue weighted by atomic mass is 9.86. The summed E-state index contributed by atoms with van der Waals surface area (Å²) in [6.45, 7) is 1.47. The summed E-state index contributed by atoms with van der Waals surface area (Å²) < 4.78 is 0. The van der Waals surface area contributed by atoms with Crippen molar-refractivity contribution in [2.75, 3.05) is 13.1 Å². The Kier molecular flexibility index (Phi) is 3.27. The first-order chi connectivity index (χ1) is 8.76. The van der Waals surface area contributed by atoms with Gasteiger partial charge in [0.25, 0.3) is 0 Å². The molecule has 0 spiro atoms. The summed E-state index contributed by atoms with van der Waals surface area (Å²) in [6.07, 6.45) is 7.64. The fourth-order valence-electron chi connectivity index (χ4n) is 4.09. The zero-order chi connectivity index (χ0) is 12.5. The summed E-state index contributed by atoms with van der Waals surface area (Å²) >= 11 is 0. The van der Waals surface area contributed by atoms with Gasteiger partial charge in [-0.05, 0) is 37.0 Å². The predicted octanol–water partition coefficient (Wildman–Crippen LogP) is 2.27. The van der Waals surface area contributed by atoms with Gasteiger partial charge in [-0.1, -0.05) is 11.6 Å².